The van der Waals surface area contributed by atoms with Gasteiger partial charge in [-0.05, 0) is 24.7 Å². The largest absolute Gasteiger partial charge is 0.397 e. The number of halogens is 3. The first-order valence-corrected chi connectivity index (χ1v) is 5.47. The number of fused-ring (bicyclic) bond motifs is 1. The van der Waals surface area contributed by atoms with Crippen molar-refractivity contribution < 1.29 is 18.0 Å². The molecule has 1 aliphatic heterocycles. The van der Waals surface area contributed by atoms with Crippen LogP contribution in [0, 0.1) is 11.8 Å². The van der Waals surface area contributed by atoms with Crippen LogP contribution in [0.15, 0.2) is 0 Å². The Labute approximate surface area is 91.8 Å². The van der Waals surface area contributed by atoms with E-state index < -0.39 is 18.5 Å². The molecule has 0 unspecified atom stereocenters. The molecular formula is C10H15F3N2O. The molecule has 1 aliphatic carbocycles. The second-order valence-corrected chi connectivity index (χ2v) is 4.76. The lowest BCUT2D eigenvalue weighted by Gasteiger charge is -2.19. The molecule has 0 bridgehead atoms. The van der Waals surface area contributed by atoms with Gasteiger partial charge >= 0.3 is 6.18 Å². The minimum Gasteiger partial charge on any atom is -0.342 e. The van der Waals surface area contributed by atoms with E-state index in [2.05, 4.69) is 0 Å². The van der Waals surface area contributed by atoms with E-state index in [4.69, 9.17) is 5.73 Å². The normalized spacial score (nSPS) is 34.2. The molecule has 0 aromatic heterocycles. The molecule has 1 heterocycles. The number of hydrogen-bond donors (Lipinski definition) is 1. The lowest BCUT2D eigenvalue weighted by Crippen LogP contribution is -2.35. The first kappa shape index (κ1) is 11.7. The molecule has 2 fully saturated rings. The molecule has 0 aromatic rings. The van der Waals surface area contributed by atoms with Crippen molar-refractivity contribution in [1.82, 2.24) is 4.90 Å². The van der Waals surface area contributed by atoms with E-state index in [0.717, 1.165) is 12.8 Å². The number of nitrogens with zero attached hydrogens (tertiary/aromatic N) is 1. The fourth-order valence-electron chi connectivity index (χ4n) is 2.79. The molecule has 2 N–H and O–H groups in total. The monoisotopic (exact) mass is 236 g/mol. The van der Waals surface area contributed by atoms with Crippen LogP contribution >= 0.6 is 0 Å². The zero-order valence-corrected chi connectivity index (χ0v) is 8.83. The zero-order valence-electron chi connectivity index (χ0n) is 8.83. The topological polar surface area (TPSA) is 46.3 Å². The minimum absolute atomic E-state index is 0.0497. The van der Waals surface area contributed by atoms with Crippen LogP contribution < -0.4 is 5.73 Å². The van der Waals surface area contributed by atoms with Gasteiger partial charge in [0.05, 0.1) is 0 Å². The molecule has 1 saturated heterocycles. The summed E-state index contributed by atoms with van der Waals surface area (Å²) < 4.78 is 36.2. The Balaban J connectivity index is 1.92. The Hall–Kier alpha value is -0.780. The molecular weight excluding hydrogens is 221 g/mol. The second-order valence-electron chi connectivity index (χ2n) is 4.76. The highest BCUT2D eigenvalue weighted by Crippen LogP contribution is 2.37. The van der Waals surface area contributed by atoms with Crippen molar-refractivity contribution in [3.8, 4) is 0 Å². The molecule has 1 saturated carbocycles. The van der Waals surface area contributed by atoms with Gasteiger partial charge in [-0.2, -0.15) is 13.2 Å². The molecule has 2 aliphatic rings. The Bertz CT molecular complexity index is 292. The van der Waals surface area contributed by atoms with E-state index in [9.17, 15) is 18.0 Å². The lowest BCUT2D eigenvalue weighted by molar-refractivity contribution is -0.160. The fourth-order valence-corrected chi connectivity index (χ4v) is 2.79. The van der Waals surface area contributed by atoms with E-state index in [-0.39, 0.29) is 12.0 Å². The van der Waals surface area contributed by atoms with Crippen molar-refractivity contribution in [2.45, 2.75) is 31.5 Å². The number of amides is 1. The van der Waals surface area contributed by atoms with Gasteiger partial charge in [-0.15, -0.1) is 0 Å². The summed E-state index contributed by atoms with van der Waals surface area (Å²) >= 11 is 0. The van der Waals surface area contributed by atoms with Crippen LogP contribution in [0.5, 0.6) is 0 Å². The van der Waals surface area contributed by atoms with Crippen LogP contribution in [0.3, 0.4) is 0 Å². The smallest absolute Gasteiger partial charge is 0.342 e. The van der Waals surface area contributed by atoms with Crippen molar-refractivity contribution in [3.63, 3.8) is 0 Å². The highest BCUT2D eigenvalue weighted by Gasteiger charge is 2.44. The Morgan fingerprint density at radius 1 is 1.31 bits per heavy atom. The summed E-state index contributed by atoms with van der Waals surface area (Å²) in [5.41, 5.74) is 5.85. The summed E-state index contributed by atoms with van der Waals surface area (Å²) in [6.07, 6.45) is -3.89. The van der Waals surface area contributed by atoms with Crippen molar-refractivity contribution in [2.24, 2.45) is 17.6 Å². The molecule has 16 heavy (non-hydrogen) atoms. The van der Waals surface area contributed by atoms with E-state index >= 15 is 0 Å². The molecule has 3 atom stereocenters. The van der Waals surface area contributed by atoms with Crippen LogP contribution in [0.2, 0.25) is 0 Å². The summed E-state index contributed by atoms with van der Waals surface area (Å²) in [5, 5.41) is 0. The number of nitrogens with two attached hydrogens (primary N) is 1. The van der Waals surface area contributed by atoms with Gasteiger partial charge in [0.15, 0.2) is 0 Å². The first-order valence-electron chi connectivity index (χ1n) is 5.47. The maximum atomic E-state index is 12.1. The van der Waals surface area contributed by atoms with Crippen LogP contribution in [-0.4, -0.2) is 36.1 Å². The van der Waals surface area contributed by atoms with Crippen LogP contribution in [-0.2, 0) is 4.79 Å². The van der Waals surface area contributed by atoms with Crippen LogP contribution in [0.1, 0.15) is 19.3 Å². The minimum atomic E-state index is -4.41. The number of carbonyl (C=O) groups excluding carboxylic acids is 1. The lowest BCUT2D eigenvalue weighted by atomic mass is 9.98. The van der Waals surface area contributed by atoms with Crippen molar-refractivity contribution in [2.75, 3.05) is 13.1 Å². The molecule has 6 heteroatoms. The van der Waals surface area contributed by atoms with Gasteiger partial charge in [0.25, 0.3) is 0 Å². The third-order valence-corrected chi connectivity index (χ3v) is 3.62. The van der Waals surface area contributed by atoms with Gasteiger partial charge in [0.2, 0.25) is 5.91 Å². The highest BCUT2D eigenvalue weighted by molar-refractivity contribution is 5.77. The number of likely N-dealkylation sites (tertiary alicyclic amines) is 1. The molecule has 3 nitrogen and oxygen atoms in total. The third-order valence-electron chi connectivity index (χ3n) is 3.62. The zero-order chi connectivity index (χ0) is 11.9. The van der Waals surface area contributed by atoms with Gasteiger partial charge in [0.1, 0.15) is 6.42 Å². The highest BCUT2D eigenvalue weighted by atomic mass is 19.4. The quantitative estimate of drug-likeness (QED) is 0.742. The average Bonchev–Trinajstić information content (AvgIpc) is 2.65. The first-order chi connectivity index (χ1) is 7.37. The van der Waals surface area contributed by atoms with Gasteiger partial charge in [0, 0.05) is 19.1 Å². The van der Waals surface area contributed by atoms with Crippen molar-refractivity contribution in [1.29, 1.82) is 0 Å². The maximum absolute atomic E-state index is 12.1. The number of hydrogen-bond acceptors (Lipinski definition) is 2. The molecule has 0 radical (unpaired) electrons. The van der Waals surface area contributed by atoms with Gasteiger partial charge in [-0.25, -0.2) is 0 Å². The Kier molecular flexibility index (Phi) is 2.86. The van der Waals surface area contributed by atoms with E-state index in [0.29, 0.717) is 19.0 Å². The maximum Gasteiger partial charge on any atom is 0.397 e. The molecule has 2 rings (SSSR count). The van der Waals surface area contributed by atoms with Gasteiger partial charge < -0.3 is 10.6 Å². The van der Waals surface area contributed by atoms with Crippen molar-refractivity contribution in [3.05, 3.63) is 0 Å². The van der Waals surface area contributed by atoms with Gasteiger partial charge in [-0.1, -0.05) is 0 Å². The second kappa shape index (κ2) is 3.91. The summed E-state index contributed by atoms with van der Waals surface area (Å²) in [6, 6.07) is 0.0497. The van der Waals surface area contributed by atoms with Crippen molar-refractivity contribution >= 4 is 5.91 Å². The summed E-state index contributed by atoms with van der Waals surface area (Å²) in [7, 11) is 0. The SMILES string of the molecule is N[C@@H]1CC[C@H]2CN(C(=O)CC(F)(F)F)C[C@H]21. The average molecular weight is 236 g/mol. The van der Waals surface area contributed by atoms with E-state index in [1.807, 2.05) is 0 Å². The Morgan fingerprint density at radius 3 is 2.56 bits per heavy atom. The molecule has 1 amide bonds. The number of carbonyl (C=O) groups is 1. The number of alkyl halides is 3. The van der Waals surface area contributed by atoms with Crippen LogP contribution in [0.4, 0.5) is 13.2 Å². The summed E-state index contributed by atoms with van der Waals surface area (Å²) in [6.45, 7) is 0.855. The molecule has 0 aromatic carbocycles. The standard InChI is InChI=1S/C10H15F3N2O/c11-10(12,13)3-9(16)15-4-6-1-2-8(14)7(6)5-15/h6-8H,1-5,14H2/t6-,7+,8+/m0/s1. The number of rotatable bonds is 1. The molecule has 0 spiro atoms. The van der Waals surface area contributed by atoms with E-state index in [1.54, 1.807) is 0 Å². The fraction of sp³-hybridized carbons (Fsp3) is 0.900. The van der Waals surface area contributed by atoms with E-state index in [1.165, 1.54) is 4.90 Å². The summed E-state index contributed by atoms with van der Waals surface area (Å²) in [5.74, 6) is -0.293. The Morgan fingerprint density at radius 2 is 2.00 bits per heavy atom. The molecule has 92 valence electrons. The van der Waals surface area contributed by atoms with Crippen LogP contribution in [0.25, 0.3) is 0 Å². The predicted octanol–water partition coefficient (Wildman–Crippen LogP) is 1.13. The van der Waals surface area contributed by atoms with Gasteiger partial charge in [-0.3, -0.25) is 4.79 Å². The third kappa shape index (κ3) is 2.31. The predicted molar refractivity (Wildman–Crippen MR) is 51.4 cm³/mol. The summed E-state index contributed by atoms with van der Waals surface area (Å²) in [4.78, 5) is 12.7.